The SMILES string of the molecule is CCCCCCCCCCC(=O)CCCCC[NH3+].O=C([O-])C(F)(F)F. The molecule has 3 N–H and O–H groups in total. The minimum atomic E-state index is -5.19. The Morgan fingerprint density at radius 1 is 0.800 bits per heavy atom. The highest BCUT2D eigenvalue weighted by Gasteiger charge is 2.28. The van der Waals surface area contributed by atoms with Gasteiger partial charge in [-0.1, -0.05) is 51.9 Å². The molecule has 0 aliphatic rings. The highest BCUT2D eigenvalue weighted by molar-refractivity contribution is 5.78. The fourth-order valence-electron chi connectivity index (χ4n) is 2.26. The van der Waals surface area contributed by atoms with Gasteiger partial charge in [-0.15, -0.1) is 0 Å². The van der Waals surface area contributed by atoms with Crippen molar-refractivity contribution >= 4 is 11.8 Å². The van der Waals surface area contributed by atoms with Crippen LogP contribution in [0.3, 0.4) is 0 Å². The first-order valence-electron chi connectivity index (χ1n) is 9.34. The van der Waals surface area contributed by atoms with Crippen molar-refractivity contribution in [3.63, 3.8) is 0 Å². The van der Waals surface area contributed by atoms with Gasteiger partial charge < -0.3 is 15.6 Å². The lowest BCUT2D eigenvalue weighted by Gasteiger charge is -2.03. The third kappa shape index (κ3) is 22.9. The van der Waals surface area contributed by atoms with Gasteiger partial charge in [0.2, 0.25) is 0 Å². The summed E-state index contributed by atoms with van der Waals surface area (Å²) in [7, 11) is 0. The third-order valence-corrected chi connectivity index (χ3v) is 3.75. The topological polar surface area (TPSA) is 84.8 Å². The fourth-order valence-corrected chi connectivity index (χ4v) is 2.26. The van der Waals surface area contributed by atoms with Crippen LogP contribution >= 0.6 is 0 Å². The molecule has 0 amide bonds. The van der Waals surface area contributed by atoms with E-state index in [1.807, 2.05) is 0 Å². The molecule has 150 valence electrons. The fraction of sp³-hybridized carbons (Fsp3) is 0.889. The van der Waals surface area contributed by atoms with E-state index in [-0.39, 0.29) is 0 Å². The van der Waals surface area contributed by atoms with Crippen molar-refractivity contribution in [1.82, 2.24) is 0 Å². The molecule has 0 bridgehead atoms. The summed E-state index contributed by atoms with van der Waals surface area (Å²) in [6.07, 6.45) is 10.4. The molecule has 0 aliphatic carbocycles. The minimum absolute atomic E-state index is 0.477. The van der Waals surface area contributed by atoms with E-state index in [0.717, 1.165) is 32.2 Å². The van der Waals surface area contributed by atoms with E-state index >= 15 is 0 Å². The molecular formula is C18H34F3NO3. The van der Waals surface area contributed by atoms with Crippen LogP contribution < -0.4 is 10.8 Å². The van der Waals surface area contributed by atoms with Crippen molar-refractivity contribution < 1.29 is 33.6 Å². The van der Waals surface area contributed by atoms with Gasteiger partial charge in [-0.25, -0.2) is 0 Å². The van der Waals surface area contributed by atoms with E-state index in [1.54, 1.807) is 0 Å². The van der Waals surface area contributed by atoms with E-state index in [0.29, 0.717) is 5.78 Å². The third-order valence-electron chi connectivity index (χ3n) is 3.75. The van der Waals surface area contributed by atoms with Gasteiger partial charge in [0.25, 0.3) is 0 Å². The lowest BCUT2D eigenvalue weighted by molar-refractivity contribution is -0.368. The number of carboxylic acids is 1. The predicted octanol–water partition coefficient (Wildman–Crippen LogP) is 3.19. The van der Waals surface area contributed by atoms with Crippen LogP contribution in [-0.2, 0) is 9.59 Å². The first-order chi connectivity index (χ1) is 11.8. The molecular weight excluding hydrogens is 335 g/mol. The summed E-state index contributed by atoms with van der Waals surface area (Å²) < 4.78 is 31.5. The van der Waals surface area contributed by atoms with Crippen LogP contribution in [0.4, 0.5) is 13.2 Å². The van der Waals surface area contributed by atoms with Crippen LogP contribution in [0.1, 0.15) is 90.4 Å². The van der Waals surface area contributed by atoms with Crippen molar-refractivity contribution in [2.75, 3.05) is 6.54 Å². The smallest absolute Gasteiger partial charge is 0.430 e. The maximum Gasteiger partial charge on any atom is 0.430 e. The van der Waals surface area contributed by atoms with E-state index in [2.05, 4.69) is 12.7 Å². The first-order valence-corrected chi connectivity index (χ1v) is 9.34. The molecule has 0 aromatic carbocycles. The van der Waals surface area contributed by atoms with E-state index < -0.39 is 12.1 Å². The number of Topliss-reactive ketones (excluding diaryl/α,β-unsaturated/α-hetero) is 1. The van der Waals surface area contributed by atoms with Crippen LogP contribution in [-0.4, -0.2) is 24.5 Å². The number of carboxylic acid groups (broad SMARTS) is 1. The Bertz CT molecular complexity index is 334. The number of aliphatic carboxylic acids is 1. The summed E-state index contributed by atoms with van der Waals surface area (Å²) in [5.41, 5.74) is 3.81. The Labute approximate surface area is 149 Å². The molecule has 25 heavy (non-hydrogen) atoms. The zero-order valence-corrected chi connectivity index (χ0v) is 15.5. The van der Waals surface area contributed by atoms with Crippen LogP contribution in [0.25, 0.3) is 0 Å². The Morgan fingerprint density at radius 3 is 1.52 bits per heavy atom. The molecule has 0 saturated heterocycles. The Hall–Kier alpha value is -1.11. The van der Waals surface area contributed by atoms with Gasteiger partial charge in [-0.3, -0.25) is 4.79 Å². The van der Waals surface area contributed by atoms with Gasteiger partial charge in [-0.05, 0) is 25.7 Å². The largest absolute Gasteiger partial charge is 0.542 e. The van der Waals surface area contributed by atoms with Gasteiger partial charge in [-0.2, -0.15) is 13.2 Å². The number of alkyl halides is 3. The standard InChI is InChI=1S/C16H33NO.C2HF3O2/c1-2-3-4-5-6-7-8-10-13-16(18)14-11-9-12-15-17;3-2(4,5)1(6)7/h2-15,17H2,1H3;(H,6,7). The van der Waals surface area contributed by atoms with Gasteiger partial charge in [0.1, 0.15) is 11.8 Å². The van der Waals surface area contributed by atoms with Gasteiger partial charge in [0, 0.05) is 12.8 Å². The summed E-state index contributed by atoms with van der Waals surface area (Å²) in [5.74, 6) is -2.53. The minimum Gasteiger partial charge on any atom is -0.542 e. The molecule has 0 rings (SSSR count). The summed E-state index contributed by atoms with van der Waals surface area (Å²) in [6, 6.07) is 0. The second-order valence-corrected chi connectivity index (χ2v) is 6.21. The quantitative estimate of drug-likeness (QED) is 0.477. The molecule has 0 saturated carbocycles. The lowest BCUT2D eigenvalue weighted by atomic mass is 10.0. The van der Waals surface area contributed by atoms with Crippen molar-refractivity contribution in [3.8, 4) is 0 Å². The number of rotatable bonds is 14. The number of halogens is 3. The maximum absolute atomic E-state index is 11.6. The molecule has 0 fully saturated rings. The molecule has 4 nitrogen and oxygen atoms in total. The number of hydrogen-bond donors (Lipinski definition) is 1. The summed E-state index contributed by atoms with van der Waals surface area (Å²) >= 11 is 0. The lowest BCUT2D eigenvalue weighted by Crippen LogP contribution is -2.50. The Morgan fingerprint density at radius 2 is 1.16 bits per heavy atom. The number of unbranched alkanes of at least 4 members (excludes halogenated alkanes) is 9. The van der Waals surface area contributed by atoms with E-state index in [9.17, 15) is 18.0 Å². The number of hydrogen-bond acceptors (Lipinski definition) is 3. The predicted molar refractivity (Wildman–Crippen MR) is 89.5 cm³/mol. The van der Waals surface area contributed by atoms with Crippen molar-refractivity contribution in [2.45, 2.75) is 96.6 Å². The zero-order chi connectivity index (χ0) is 19.6. The number of ketones is 1. The molecule has 0 radical (unpaired) electrons. The highest BCUT2D eigenvalue weighted by atomic mass is 19.4. The van der Waals surface area contributed by atoms with Crippen molar-refractivity contribution in [3.05, 3.63) is 0 Å². The molecule has 0 aliphatic heterocycles. The monoisotopic (exact) mass is 369 g/mol. The highest BCUT2D eigenvalue weighted by Crippen LogP contribution is 2.12. The molecule has 0 atom stereocenters. The molecule has 0 spiro atoms. The normalized spacial score (nSPS) is 10.9. The Balaban J connectivity index is 0. The Kier molecular flexibility index (Phi) is 18.5. The van der Waals surface area contributed by atoms with Crippen LogP contribution in [0.15, 0.2) is 0 Å². The first kappa shape index (κ1) is 26.1. The summed E-state index contributed by atoms with van der Waals surface area (Å²) in [6.45, 7) is 3.26. The number of carbonyl (C=O) groups excluding carboxylic acids is 2. The van der Waals surface area contributed by atoms with Crippen molar-refractivity contribution in [2.24, 2.45) is 0 Å². The average Bonchev–Trinajstić information content (AvgIpc) is 2.54. The maximum atomic E-state index is 11.6. The van der Waals surface area contributed by atoms with Crippen LogP contribution in [0.2, 0.25) is 0 Å². The average molecular weight is 369 g/mol. The van der Waals surface area contributed by atoms with Crippen molar-refractivity contribution in [1.29, 1.82) is 0 Å². The van der Waals surface area contributed by atoms with E-state index in [4.69, 9.17) is 9.90 Å². The molecule has 7 heteroatoms. The van der Waals surface area contributed by atoms with E-state index in [1.165, 1.54) is 57.8 Å². The summed E-state index contributed by atoms with van der Waals surface area (Å²) in [5, 5.41) is 8.78. The molecule has 0 heterocycles. The van der Waals surface area contributed by atoms with Gasteiger partial charge >= 0.3 is 6.18 Å². The molecule has 0 unspecified atom stereocenters. The number of carbonyl (C=O) groups is 2. The number of quaternary nitrogens is 1. The second-order valence-electron chi connectivity index (χ2n) is 6.21. The van der Waals surface area contributed by atoms with Crippen LogP contribution in [0.5, 0.6) is 0 Å². The summed E-state index contributed by atoms with van der Waals surface area (Å²) in [4.78, 5) is 20.3. The molecule has 0 aromatic heterocycles. The van der Waals surface area contributed by atoms with Gasteiger partial charge in [0.05, 0.1) is 6.54 Å². The van der Waals surface area contributed by atoms with Gasteiger partial charge in [0.15, 0.2) is 0 Å². The second kappa shape index (κ2) is 17.7. The van der Waals surface area contributed by atoms with Crippen LogP contribution in [0, 0.1) is 0 Å². The molecule has 0 aromatic rings. The zero-order valence-electron chi connectivity index (χ0n) is 15.5.